The first kappa shape index (κ1) is 18.3. The van der Waals surface area contributed by atoms with Crippen molar-refractivity contribution in [2.45, 2.75) is 19.4 Å². The summed E-state index contributed by atoms with van der Waals surface area (Å²) >= 11 is 0. The van der Waals surface area contributed by atoms with Gasteiger partial charge in [-0.15, -0.1) is 0 Å². The van der Waals surface area contributed by atoms with E-state index in [1.807, 2.05) is 18.2 Å². The van der Waals surface area contributed by atoms with E-state index in [9.17, 15) is 13.2 Å². The normalized spacial score (nSPS) is 18.1. The van der Waals surface area contributed by atoms with Crippen molar-refractivity contribution < 1.29 is 22.7 Å². The standard InChI is InChI=1S/C19H19N3O5S/c1-12(23)22-17(13-3-6-15(7-4-13)21-28(2,24)25)10-16(20-22)14-5-8-18-19(9-14)27-11-26-18/h3-9,17,21H,10-11H2,1-2H3. The molecule has 0 radical (unpaired) electrons. The first-order valence-corrected chi connectivity index (χ1v) is 10.5. The molecule has 2 aromatic rings. The second kappa shape index (κ2) is 6.83. The molecule has 0 saturated heterocycles. The number of ether oxygens (including phenoxy) is 2. The first-order valence-electron chi connectivity index (χ1n) is 8.65. The number of sulfonamides is 1. The maximum absolute atomic E-state index is 12.1. The fraction of sp³-hybridized carbons (Fsp3) is 0.263. The molecule has 1 unspecified atom stereocenters. The summed E-state index contributed by atoms with van der Waals surface area (Å²) in [4.78, 5) is 12.1. The van der Waals surface area contributed by atoms with Crippen LogP contribution in [0.2, 0.25) is 0 Å². The molecule has 4 rings (SSSR count). The summed E-state index contributed by atoms with van der Waals surface area (Å²) in [6.07, 6.45) is 1.64. The number of rotatable bonds is 4. The second-order valence-electron chi connectivity index (χ2n) is 6.69. The lowest BCUT2D eigenvalue weighted by molar-refractivity contribution is -0.130. The molecular weight excluding hydrogens is 382 g/mol. The molecule has 1 N–H and O–H groups in total. The van der Waals surface area contributed by atoms with Gasteiger partial charge in [-0.25, -0.2) is 13.4 Å². The largest absolute Gasteiger partial charge is 0.454 e. The average Bonchev–Trinajstić information content (AvgIpc) is 3.27. The molecule has 2 aliphatic rings. The lowest BCUT2D eigenvalue weighted by Crippen LogP contribution is -2.24. The molecule has 9 heteroatoms. The summed E-state index contributed by atoms with van der Waals surface area (Å²) in [7, 11) is -3.34. The molecule has 146 valence electrons. The molecule has 0 bridgehead atoms. The Balaban J connectivity index is 1.59. The Morgan fingerprint density at radius 1 is 1.14 bits per heavy atom. The molecule has 1 amide bonds. The van der Waals surface area contributed by atoms with Crippen LogP contribution in [0.1, 0.15) is 30.5 Å². The second-order valence-corrected chi connectivity index (χ2v) is 8.44. The van der Waals surface area contributed by atoms with E-state index in [-0.39, 0.29) is 18.7 Å². The molecule has 0 saturated carbocycles. The van der Waals surface area contributed by atoms with Gasteiger partial charge in [0.1, 0.15) is 0 Å². The van der Waals surface area contributed by atoms with E-state index in [4.69, 9.17) is 9.47 Å². The molecule has 2 heterocycles. The molecule has 0 fully saturated rings. The van der Waals surface area contributed by atoms with Crippen molar-refractivity contribution in [3.8, 4) is 11.5 Å². The maximum Gasteiger partial charge on any atom is 0.240 e. The van der Waals surface area contributed by atoms with Gasteiger partial charge < -0.3 is 9.47 Å². The number of hydrogen-bond donors (Lipinski definition) is 1. The minimum atomic E-state index is -3.34. The van der Waals surface area contributed by atoms with E-state index in [0.717, 1.165) is 23.1 Å². The smallest absolute Gasteiger partial charge is 0.240 e. The highest BCUT2D eigenvalue weighted by atomic mass is 32.2. The van der Waals surface area contributed by atoms with Crippen LogP contribution in [0.4, 0.5) is 5.69 Å². The number of benzene rings is 2. The van der Waals surface area contributed by atoms with Gasteiger partial charge in [-0.05, 0) is 35.9 Å². The highest BCUT2D eigenvalue weighted by Gasteiger charge is 2.32. The van der Waals surface area contributed by atoms with E-state index in [0.29, 0.717) is 23.6 Å². The van der Waals surface area contributed by atoms with Crippen molar-refractivity contribution in [1.82, 2.24) is 5.01 Å². The summed E-state index contributed by atoms with van der Waals surface area (Å²) in [6, 6.07) is 12.3. The zero-order chi connectivity index (χ0) is 19.9. The minimum absolute atomic E-state index is 0.168. The average molecular weight is 401 g/mol. The molecule has 0 aliphatic carbocycles. The predicted molar refractivity (Wildman–Crippen MR) is 104 cm³/mol. The lowest BCUT2D eigenvalue weighted by Gasteiger charge is -2.20. The zero-order valence-corrected chi connectivity index (χ0v) is 16.2. The number of fused-ring (bicyclic) bond motifs is 1. The van der Waals surface area contributed by atoms with Crippen LogP contribution in [0.5, 0.6) is 11.5 Å². The molecule has 2 aromatic carbocycles. The molecule has 0 aromatic heterocycles. The van der Waals surface area contributed by atoms with E-state index >= 15 is 0 Å². The summed E-state index contributed by atoms with van der Waals surface area (Å²) in [6.45, 7) is 1.67. The van der Waals surface area contributed by atoms with Crippen molar-refractivity contribution in [2.75, 3.05) is 17.8 Å². The molecule has 0 spiro atoms. The van der Waals surface area contributed by atoms with Gasteiger partial charge in [0.25, 0.3) is 0 Å². The molecule has 2 aliphatic heterocycles. The van der Waals surface area contributed by atoms with Crippen molar-refractivity contribution in [3.63, 3.8) is 0 Å². The van der Waals surface area contributed by atoms with Crippen LogP contribution in [0.3, 0.4) is 0 Å². The predicted octanol–water partition coefficient (Wildman–Crippen LogP) is 2.48. The number of hydrogen-bond acceptors (Lipinski definition) is 6. The minimum Gasteiger partial charge on any atom is -0.454 e. The Hall–Kier alpha value is -3.07. The number of carbonyl (C=O) groups is 1. The highest BCUT2D eigenvalue weighted by Crippen LogP contribution is 2.37. The Bertz CT molecular complexity index is 1060. The Labute approximate surface area is 162 Å². The molecular formula is C19H19N3O5S. The van der Waals surface area contributed by atoms with Crippen molar-refractivity contribution >= 4 is 27.3 Å². The quantitative estimate of drug-likeness (QED) is 0.849. The molecule has 28 heavy (non-hydrogen) atoms. The number of nitrogens with zero attached hydrogens (tertiary/aromatic N) is 2. The van der Waals surface area contributed by atoms with Gasteiger partial charge in [0.2, 0.25) is 22.7 Å². The Morgan fingerprint density at radius 3 is 2.54 bits per heavy atom. The molecule has 8 nitrogen and oxygen atoms in total. The van der Waals surface area contributed by atoms with E-state index in [1.54, 1.807) is 24.3 Å². The van der Waals surface area contributed by atoms with Crippen molar-refractivity contribution in [1.29, 1.82) is 0 Å². The third-order valence-corrected chi connectivity index (χ3v) is 5.14. The van der Waals surface area contributed by atoms with E-state index in [1.165, 1.54) is 11.9 Å². The third-order valence-electron chi connectivity index (χ3n) is 4.54. The SMILES string of the molecule is CC(=O)N1N=C(c2ccc3c(c2)OCO3)CC1c1ccc(NS(C)(=O)=O)cc1. The monoisotopic (exact) mass is 401 g/mol. The van der Waals surface area contributed by atoms with Crippen LogP contribution >= 0.6 is 0 Å². The van der Waals surface area contributed by atoms with Crippen LogP contribution < -0.4 is 14.2 Å². The van der Waals surface area contributed by atoms with E-state index in [2.05, 4.69) is 9.82 Å². The number of hydrazone groups is 1. The fourth-order valence-corrected chi connectivity index (χ4v) is 3.86. The fourth-order valence-electron chi connectivity index (χ4n) is 3.30. The topological polar surface area (TPSA) is 97.3 Å². The third kappa shape index (κ3) is 3.65. The number of nitrogens with one attached hydrogen (secondary N) is 1. The van der Waals surface area contributed by atoms with Crippen LogP contribution in [0, 0.1) is 0 Å². The summed E-state index contributed by atoms with van der Waals surface area (Å²) in [5, 5.41) is 5.97. The van der Waals surface area contributed by atoms with Gasteiger partial charge in [-0.2, -0.15) is 5.10 Å². The summed E-state index contributed by atoms with van der Waals surface area (Å²) in [5.74, 6) is 1.18. The van der Waals surface area contributed by atoms with Crippen molar-refractivity contribution in [3.05, 3.63) is 53.6 Å². The number of amides is 1. The van der Waals surface area contributed by atoms with Gasteiger partial charge in [0.15, 0.2) is 11.5 Å². The van der Waals surface area contributed by atoms with Crippen molar-refractivity contribution in [2.24, 2.45) is 5.10 Å². The van der Waals surface area contributed by atoms with Gasteiger partial charge >= 0.3 is 0 Å². The van der Waals surface area contributed by atoms with Crippen LogP contribution in [0.15, 0.2) is 47.6 Å². The van der Waals surface area contributed by atoms with Gasteiger partial charge in [-0.3, -0.25) is 9.52 Å². The lowest BCUT2D eigenvalue weighted by atomic mass is 9.98. The number of anilines is 1. The Kier molecular flexibility index (Phi) is 4.46. The van der Waals surface area contributed by atoms with Crippen LogP contribution in [-0.4, -0.2) is 38.1 Å². The highest BCUT2D eigenvalue weighted by molar-refractivity contribution is 7.92. The Morgan fingerprint density at radius 2 is 1.86 bits per heavy atom. The first-order chi connectivity index (χ1) is 13.3. The zero-order valence-electron chi connectivity index (χ0n) is 15.4. The number of carbonyl (C=O) groups excluding carboxylic acids is 1. The van der Waals surface area contributed by atoms with Gasteiger partial charge in [-0.1, -0.05) is 12.1 Å². The molecule has 1 atom stereocenters. The van der Waals surface area contributed by atoms with E-state index < -0.39 is 10.0 Å². The van der Waals surface area contributed by atoms with Crippen LogP contribution in [-0.2, 0) is 14.8 Å². The van der Waals surface area contributed by atoms with Crippen LogP contribution in [0.25, 0.3) is 0 Å². The summed E-state index contributed by atoms with van der Waals surface area (Å²) in [5.41, 5.74) is 2.98. The van der Waals surface area contributed by atoms with Gasteiger partial charge in [0.05, 0.1) is 18.0 Å². The summed E-state index contributed by atoms with van der Waals surface area (Å²) < 4.78 is 35.9. The van der Waals surface area contributed by atoms with Gasteiger partial charge in [0, 0.05) is 24.6 Å². The maximum atomic E-state index is 12.1.